The van der Waals surface area contributed by atoms with Crippen LogP contribution in [-0.4, -0.2) is 50.1 Å². The Hall–Kier alpha value is -1.14. The Kier molecular flexibility index (Phi) is 7.04. The average Bonchev–Trinajstić information content (AvgIpc) is 3.36. The van der Waals surface area contributed by atoms with Crippen LogP contribution in [-0.2, 0) is 28.5 Å². The molecular weight excluding hydrogens is 312 g/mol. The molecule has 0 N–H and O–H groups in total. The highest BCUT2D eigenvalue weighted by Crippen LogP contribution is 2.39. The zero-order valence-electron chi connectivity index (χ0n) is 15.2. The maximum atomic E-state index is 12.2. The van der Waals surface area contributed by atoms with Crippen molar-refractivity contribution in [2.75, 3.05) is 13.7 Å². The Bertz CT molecular complexity index is 437. The second-order valence-corrected chi connectivity index (χ2v) is 6.99. The van der Waals surface area contributed by atoms with Crippen molar-refractivity contribution in [2.24, 2.45) is 11.8 Å². The highest BCUT2D eigenvalue weighted by Gasteiger charge is 2.46. The van der Waals surface area contributed by atoms with Crippen LogP contribution in [0.1, 0.15) is 52.9 Å². The van der Waals surface area contributed by atoms with Crippen molar-refractivity contribution in [3.63, 3.8) is 0 Å². The van der Waals surface area contributed by atoms with Crippen LogP contribution in [0.4, 0.5) is 0 Å². The second-order valence-electron chi connectivity index (χ2n) is 6.99. The van der Waals surface area contributed by atoms with Crippen LogP contribution < -0.4 is 0 Å². The number of hydrogen-bond donors (Lipinski definition) is 0. The van der Waals surface area contributed by atoms with Gasteiger partial charge >= 0.3 is 11.9 Å². The molecule has 2 fully saturated rings. The van der Waals surface area contributed by atoms with Gasteiger partial charge < -0.3 is 18.9 Å². The van der Waals surface area contributed by atoms with Gasteiger partial charge in [-0.2, -0.15) is 0 Å². The van der Waals surface area contributed by atoms with E-state index in [9.17, 15) is 9.59 Å². The van der Waals surface area contributed by atoms with Crippen LogP contribution in [0.25, 0.3) is 0 Å². The van der Waals surface area contributed by atoms with E-state index in [2.05, 4.69) is 6.92 Å². The van der Waals surface area contributed by atoms with Gasteiger partial charge in [-0.05, 0) is 51.9 Å². The van der Waals surface area contributed by atoms with Crippen LogP contribution >= 0.6 is 0 Å². The molecule has 0 bridgehead atoms. The van der Waals surface area contributed by atoms with E-state index in [4.69, 9.17) is 18.9 Å². The molecule has 0 aromatic rings. The molecule has 6 atom stereocenters. The fraction of sp³-hybridized carbons (Fsp3) is 0.889. The Balaban J connectivity index is 1.69. The number of methoxy groups -OCH3 is 1. The summed E-state index contributed by atoms with van der Waals surface area (Å²) in [5.41, 5.74) is 0. The van der Waals surface area contributed by atoms with Gasteiger partial charge in [-0.25, -0.2) is 4.79 Å². The number of epoxide rings is 1. The molecule has 1 aliphatic heterocycles. The van der Waals surface area contributed by atoms with Crippen molar-refractivity contribution in [1.82, 2.24) is 0 Å². The van der Waals surface area contributed by atoms with E-state index in [1.807, 2.05) is 6.92 Å². The third-order valence-corrected chi connectivity index (χ3v) is 5.07. The topological polar surface area (TPSA) is 74.4 Å². The van der Waals surface area contributed by atoms with Gasteiger partial charge in [0.15, 0.2) is 6.10 Å². The molecule has 0 aromatic heterocycles. The molecule has 6 heteroatoms. The monoisotopic (exact) mass is 342 g/mol. The summed E-state index contributed by atoms with van der Waals surface area (Å²) in [7, 11) is 1.67. The van der Waals surface area contributed by atoms with Crippen molar-refractivity contribution in [3.05, 3.63) is 0 Å². The highest BCUT2D eigenvalue weighted by atomic mass is 16.6. The number of esters is 2. The molecule has 6 unspecified atom stereocenters. The molecule has 2 rings (SSSR count). The predicted molar refractivity (Wildman–Crippen MR) is 87.4 cm³/mol. The number of carbonyl (C=O) groups is 2. The van der Waals surface area contributed by atoms with Crippen LogP contribution in [0, 0.1) is 11.8 Å². The Labute approximate surface area is 144 Å². The first-order valence-electron chi connectivity index (χ1n) is 8.99. The highest BCUT2D eigenvalue weighted by molar-refractivity contribution is 5.80. The minimum atomic E-state index is -0.868. The Morgan fingerprint density at radius 1 is 1.21 bits per heavy atom. The SMILES string of the molecule is CCC(COC(=O)C(C)OC(=O)C1CCC2OC2C1)CC(C)OC. The van der Waals surface area contributed by atoms with Gasteiger partial charge in [0.25, 0.3) is 0 Å². The zero-order chi connectivity index (χ0) is 17.7. The smallest absolute Gasteiger partial charge is 0.347 e. The summed E-state index contributed by atoms with van der Waals surface area (Å²) in [4.78, 5) is 24.2. The van der Waals surface area contributed by atoms with Crippen LogP contribution in [0.3, 0.4) is 0 Å². The fourth-order valence-corrected chi connectivity index (χ4v) is 3.17. The first kappa shape index (κ1) is 19.2. The summed E-state index contributed by atoms with van der Waals surface area (Å²) in [6.45, 7) is 5.94. The standard InChI is InChI=1S/C18H30O6/c1-5-13(8-11(2)21-4)10-22-17(19)12(3)23-18(20)14-6-7-15-16(9-14)24-15/h11-16H,5-10H2,1-4H3. The van der Waals surface area contributed by atoms with Gasteiger partial charge in [-0.1, -0.05) is 6.92 Å². The lowest BCUT2D eigenvalue weighted by Gasteiger charge is -2.22. The van der Waals surface area contributed by atoms with E-state index in [1.54, 1.807) is 14.0 Å². The van der Waals surface area contributed by atoms with Crippen molar-refractivity contribution in [3.8, 4) is 0 Å². The zero-order valence-corrected chi connectivity index (χ0v) is 15.2. The number of fused-ring (bicyclic) bond motifs is 1. The molecule has 0 amide bonds. The maximum absolute atomic E-state index is 12.2. The Morgan fingerprint density at radius 2 is 1.96 bits per heavy atom. The van der Waals surface area contributed by atoms with E-state index >= 15 is 0 Å². The molecular formula is C18H30O6. The van der Waals surface area contributed by atoms with Gasteiger partial charge in [0.05, 0.1) is 30.8 Å². The van der Waals surface area contributed by atoms with Gasteiger partial charge in [0.2, 0.25) is 0 Å². The summed E-state index contributed by atoms with van der Waals surface area (Å²) in [6, 6.07) is 0. The minimum Gasteiger partial charge on any atom is -0.463 e. The van der Waals surface area contributed by atoms with Gasteiger partial charge in [-0.15, -0.1) is 0 Å². The first-order chi connectivity index (χ1) is 11.4. The minimum absolute atomic E-state index is 0.128. The average molecular weight is 342 g/mol. The Morgan fingerprint density at radius 3 is 2.58 bits per heavy atom. The van der Waals surface area contributed by atoms with Gasteiger partial charge in [0.1, 0.15) is 0 Å². The largest absolute Gasteiger partial charge is 0.463 e. The van der Waals surface area contributed by atoms with Crippen molar-refractivity contribution in [2.45, 2.75) is 77.3 Å². The quantitative estimate of drug-likeness (QED) is 0.473. The van der Waals surface area contributed by atoms with Crippen LogP contribution in [0.15, 0.2) is 0 Å². The third-order valence-electron chi connectivity index (χ3n) is 5.07. The normalized spacial score (nSPS) is 29.1. The number of carbonyl (C=O) groups excluding carboxylic acids is 2. The molecule has 1 saturated carbocycles. The maximum Gasteiger partial charge on any atom is 0.347 e. The number of hydrogen-bond acceptors (Lipinski definition) is 6. The molecule has 0 aromatic carbocycles. The summed E-state index contributed by atoms with van der Waals surface area (Å²) < 4.78 is 21.3. The summed E-state index contributed by atoms with van der Waals surface area (Å²) in [5, 5.41) is 0. The fourth-order valence-electron chi connectivity index (χ4n) is 3.17. The van der Waals surface area contributed by atoms with Gasteiger partial charge in [0, 0.05) is 7.11 Å². The van der Waals surface area contributed by atoms with E-state index in [0.717, 1.165) is 25.7 Å². The summed E-state index contributed by atoms with van der Waals surface area (Å²) in [6.07, 6.45) is 3.94. The lowest BCUT2D eigenvalue weighted by Crippen LogP contribution is -2.32. The number of ether oxygens (including phenoxy) is 4. The van der Waals surface area contributed by atoms with E-state index in [1.165, 1.54) is 0 Å². The summed E-state index contributed by atoms with van der Waals surface area (Å²) in [5.74, 6) is -0.708. The van der Waals surface area contributed by atoms with Crippen molar-refractivity contribution in [1.29, 1.82) is 0 Å². The van der Waals surface area contributed by atoms with Gasteiger partial charge in [-0.3, -0.25) is 4.79 Å². The van der Waals surface area contributed by atoms with Crippen LogP contribution in [0.2, 0.25) is 0 Å². The van der Waals surface area contributed by atoms with Crippen molar-refractivity contribution < 1.29 is 28.5 Å². The molecule has 1 heterocycles. The number of rotatable bonds is 9. The third kappa shape index (κ3) is 5.45. The first-order valence-corrected chi connectivity index (χ1v) is 8.99. The molecule has 0 spiro atoms. The molecule has 24 heavy (non-hydrogen) atoms. The predicted octanol–water partition coefficient (Wildman–Crippen LogP) is 2.48. The van der Waals surface area contributed by atoms with Crippen molar-refractivity contribution >= 4 is 11.9 Å². The lowest BCUT2D eigenvalue weighted by molar-refractivity contribution is -0.170. The molecule has 2 aliphatic rings. The molecule has 6 nitrogen and oxygen atoms in total. The van der Waals surface area contributed by atoms with Crippen LogP contribution in [0.5, 0.6) is 0 Å². The summed E-state index contributed by atoms with van der Waals surface area (Å²) >= 11 is 0. The van der Waals surface area contributed by atoms with E-state index < -0.39 is 12.1 Å². The molecule has 0 radical (unpaired) electrons. The molecule has 1 aliphatic carbocycles. The second kappa shape index (κ2) is 8.81. The van der Waals surface area contributed by atoms with E-state index in [0.29, 0.717) is 19.1 Å². The van der Waals surface area contributed by atoms with E-state index in [-0.39, 0.29) is 30.0 Å². The molecule has 138 valence electrons. The lowest BCUT2D eigenvalue weighted by atomic mass is 9.89. The molecule has 1 saturated heterocycles.